The van der Waals surface area contributed by atoms with E-state index in [1.165, 1.54) is 13.0 Å². The number of carbonyl (C=O) groups is 2. The molecule has 0 aromatic heterocycles. The summed E-state index contributed by atoms with van der Waals surface area (Å²) >= 11 is 0. The van der Waals surface area contributed by atoms with E-state index in [4.69, 9.17) is 0 Å². The number of ketones is 1. The van der Waals surface area contributed by atoms with Gasteiger partial charge in [0.1, 0.15) is 11.5 Å². The predicted octanol–water partition coefficient (Wildman–Crippen LogP) is 1.86. The Hall–Kier alpha value is -2.51. The highest BCUT2D eigenvalue weighted by molar-refractivity contribution is 5.92. The number of carbonyl (C=O) groups excluding carboxylic acids is 2. The number of amides is 1. The topological polar surface area (TPSA) is 92.6 Å². The molecular formula is C13H14FN3O4. The zero-order valence-corrected chi connectivity index (χ0v) is 11.4. The minimum atomic E-state index is -0.752. The van der Waals surface area contributed by atoms with Crippen molar-refractivity contribution in [3.05, 3.63) is 28.1 Å². The van der Waals surface area contributed by atoms with Crippen LogP contribution in [0.25, 0.3) is 0 Å². The van der Waals surface area contributed by atoms with Gasteiger partial charge in [-0.3, -0.25) is 19.7 Å². The standard InChI is InChI=1S/C13H14FN3O4/c1-8(18)15-11-7-12(10(14)6-13(11)17(20)21)16-4-2-9(19)3-5-16/h6-7H,2-5H2,1H3,(H,15,18). The normalized spacial score (nSPS) is 15.0. The van der Waals surface area contributed by atoms with Gasteiger partial charge in [-0.2, -0.15) is 0 Å². The van der Waals surface area contributed by atoms with Crippen LogP contribution < -0.4 is 10.2 Å². The maximum atomic E-state index is 14.1. The molecule has 2 rings (SSSR count). The first kappa shape index (κ1) is 14.9. The van der Waals surface area contributed by atoms with Crippen LogP contribution >= 0.6 is 0 Å². The second kappa shape index (κ2) is 5.86. The summed E-state index contributed by atoms with van der Waals surface area (Å²) in [7, 11) is 0. The number of piperidine rings is 1. The first-order valence-corrected chi connectivity index (χ1v) is 6.40. The van der Waals surface area contributed by atoms with Gasteiger partial charge in [0, 0.05) is 32.9 Å². The lowest BCUT2D eigenvalue weighted by Gasteiger charge is -2.28. The zero-order valence-electron chi connectivity index (χ0n) is 11.4. The maximum Gasteiger partial charge on any atom is 0.295 e. The number of Topliss-reactive ketones (excluding diaryl/α,β-unsaturated/α-hetero) is 1. The van der Waals surface area contributed by atoms with Gasteiger partial charge in [-0.15, -0.1) is 0 Å². The number of hydrogen-bond donors (Lipinski definition) is 1. The van der Waals surface area contributed by atoms with Gasteiger partial charge < -0.3 is 10.2 Å². The highest BCUT2D eigenvalue weighted by atomic mass is 19.1. The van der Waals surface area contributed by atoms with Gasteiger partial charge in [0.05, 0.1) is 16.7 Å². The highest BCUT2D eigenvalue weighted by Crippen LogP contribution is 2.33. The molecule has 0 saturated carbocycles. The van der Waals surface area contributed by atoms with E-state index in [2.05, 4.69) is 5.32 Å². The van der Waals surface area contributed by atoms with Crippen molar-refractivity contribution in [2.75, 3.05) is 23.3 Å². The third kappa shape index (κ3) is 3.33. The van der Waals surface area contributed by atoms with Gasteiger partial charge in [-0.05, 0) is 6.07 Å². The molecule has 1 N–H and O–H groups in total. The van der Waals surface area contributed by atoms with Crippen LogP contribution in [0.15, 0.2) is 12.1 Å². The van der Waals surface area contributed by atoms with E-state index in [-0.39, 0.29) is 17.2 Å². The number of rotatable bonds is 3. The smallest absolute Gasteiger partial charge is 0.295 e. The third-order valence-electron chi connectivity index (χ3n) is 3.23. The average molecular weight is 295 g/mol. The fourth-order valence-corrected chi connectivity index (χ4v) is 2.23. The summed E-state index contributed by atoms with van der Waals surface area (Å²) in [5.74, 6) is -1.12. The van der Waals surface area contributed by atoms with Crippen molar-refractivity contribution in [2.45, 2.75) is 19.8 Å². The molecule has 1 amide bonds. The van der Waals surface area contributed by atoms with E-state index in [1.807, 2.05) is 0 Å². The van der Waals surface area contributed by atoms with Gasteiger partial charge >= 0.3 is 0 Å². The average Bonchev–Trinajstić information content (AvgIpc) is 2.40. The molecule has 0 atom stereocenters. The molecule has 0 aliphatic carbocycles. The Morgan fingerprint density at radius 1 is 1.38 bits per heavy atom. The fourth-order valence-electron chi connectivity index (χ4n) is 2.23. The Kier molecular flexibility index (Phi) is 4.15. The number of hydrogen-bond acceptors (Lipinski definition) is 5. The van der Waals surface area contributed by atoms with E-state index in [9.17, 15) is 24.1 Å². The molecule has 8 heteroatoms. The number of anilines is 2. The second-order valence-corrected chi connectivity index (χ2v) is 4.78. The quantitative estimate of drug-likeness (QED) is 0.678. The summed E-state index contributed by atoms with van der Waals surface area (Å²) in [6.07, 6.45) is 0.623. The van der Waals surface area contributed by atoms with E-state index in [0.717, 1.165) is 6.07 Å². The predicted molar refractivity (Wildman–Crippen MR) is 73.8 cm³/mol. The van der Waals surface area contributed by atoms with Crippen molar-refractivity contribution in [3.8, 4) is 0 Å². The maximum absolute atomic E-state index is 14.1. The molecule has 112 valence electrons. The van der Waals surface area contributed by atoms with Gasteiger partial charge in [-0.1, -0.05) is 0 Å². The Morgan fingerprint density at radius 2 is 2.00 bits per heavy atom. The summed E-state index contributed by atoms with van der Waals surface area (Å²) in [4.78, 5) is 34.1. The van der Waals surface area contributed by atoms with Crippen LogP contribution in [-0.4, -0.2) is 29.7 Å². The first-order chi connectivity index (χ1) is 9.88. The van der Waals surface area contributed by atoms with Gasteiger partial charge in [-0.25, -0.2) is 4.39 Å². The van der Waals surface area contributed by atoms with Crippen molar-refractivity contribution in [2.24, 2.45) is 0 Å². The Balaban J connectivity index is 2.40. The van der Waals surface area contributed by atoms with Crippen molar-refractivity contribution >= 4 is 28.8 Å². The molecule has 0 radical (unpaired) electrons. The molecule has 1 fully saturated rings. The molecule has 1 aromatic carbocycles. The van der Waals surface area contributed by atoms with Crippen molar-refractivity contribution in [3.63, 3.8) is 0 Å². The summed E-state index contributed by atoms with van der Waals surface area (Å²) in [6.45, 7) is 1.92. The van der Waals surface area contributed by atoms with Crippen LogP contribution in [-0.2, 0) is 9.59 Å². The third-order valence-corrected chi connectivity index (χ3v) is 3.23. The molecule has 1 saturated heterocycles. The van der Waals surface area contributed by atoms with E-state index in [0.29, 0.717) is 25.9 Å². The van der Waals surface area contributed by atoms with Gasteiger partial charge in [0.2, 0.25) is 5.91 Å². The highest BCUT2D eigenvalue weighted by Gasteiger charge is 2.24. The SMILES string of the molecule is CC(=O)Nc1cc(N2CCC(=O)CC2)c(F)cc1[N+](=O)[O-]. The van der Waals surface area contributed by atoms with Crippen molar-refractivity contribution < 1.29 is 18.9 Å². The minimum Gasteiger partial charge on any atom is -0.368 e. The first-order valence-electron chi connectivity index (χ1n) is 6.40. The lowest BCUT2D eigenvalue weighted by atomic mass is 10.1. The summed E-state index contributed by atoms with van der Waals surface area (Å²) in [5, 5.41) is 13.2. The molecule has 21 heavy (non-hydrogen) atoms. The number of benzene rings is 1. The van der Waals surface area contributed by atoms with Crippen molar-refractivity contribution in [1.29, 1.82) is 0 Å². The molecule has 0 spiro atoms. The lowest BCUT2D eigenvalue weighted by Crippen LogP contribution is -2.34. The number of halogens is 1. The molecule has 1 aliphatic rings. The molecule has 1 heterocycles. The van der Waals surface area contributed by atoms with Crippen molar-refractivity contribution in [1.82, 2.24) is 0 Å². The van der Waals surface area contributed by atoms with E-state index >= 15 is 0 Å². The van der Waals surface area contributed by atoms with E-state index in [1.54, 1.807) is 4.90 Å². The molecule has 1 aromatic rings. The largest absolute Gasteiger partial charge is 0.368 e. The molecule has 1 aliphatic heterocycles. The van der Waals surface area contributed by atoms with Crippen LogP contribution in [0.2, 0.25) is 0 Å². The Morgan fingerprint density at radius 3 is 2.52 bits per heavy atom. The van der Waals surface area contributed by atoms with E-state index < -0.39 is 22.3 Å². The molecular weight excluding hydrogens is 281 g/mol. The fraction of sp³-hybridized carbons (Fsp3) is 0.385. The summed E-state index contributed by atoms with van der Waals surface area (Å²) in [5.41, 5.74) is -0.405. The minimum absolute atomic E-state index is 0.0548. The zero-order chi connectivity index (χ0) is 15.6. The van der Waals surface area contributed by atoms with Crippen LogP contribution in [0.4, 0.5) is 21.5 Å². The van der Waals surface area contributed by atoms with Crippen LogP contribution in [0.5, 0.6) is 0 Å². The number of nitrogens with one attached hydrogen (secondary N) is 1. The molecule has 0 unspecified atom stereocenters. The van der Waals surface area contributed by atoms with Gasteiger partial charge in [0.15, 0.2) is 5.82 Å². The Bertz CT molecular complexity index is 608. The molecule has 0 bridgehead atoms. The summed E-state index contributed by atoms with van der Waals surface area (Å²) in [6, 6.07) is 2.03. The van der Waals surface area contributed by atoms with Gasteiger partial charge in [0.25, 0.3) is 5.69 Å². The van der Waals surface area contributed by atoms with Crippen LogP contribution in [0.3, 0.4) is 0 Å². The monoisotopic (exact) mass is 295 g/mol. The lowest BCUT2D eigenvalue weighted by molar-refractivity contribution is -0.384. The number of nitro groups is 1. The Labute approximate surface area is 119 Å². The van der Waals surface area contributed by atoms with Crippen LogP contribution in [0, 0.1) is 15.9 Å². The number of nitro benzene ring substituents is 1. The molecule has 7 nitrogen and oxygen atoms in total. The van der Waals surface area contributed by atoms with Crippen LogP contribution in [0.1, 0.15) is 19.8 Å². The second-order valence-electron chi connectivity index (χ2n) is 4.78. The summed E-state index contributed by atoms with van der Waals surface area (Å²) < 4.78 is 14.1. The number of nitrogens with zero attached hydrogens (tertiary/aromatic N) is 2.